The fraction of sp³-hybridized carbons (Fsp3) is 0.667. The van der Waals surface area contributed by atoms with Crippen LogP contribution < -0.4 is 5.32 Å². The molecule has 7 nitrogen and oxygen atoms in total. The van der Waals surface area contributed by atoms with Crippen molar-refractivity contribution in [1.82, 2.24) is 10.3 Å². The molecule has 2 N–H and O–H groups in total. The van der Waals surface area contributed by atoms with E-state index in [0.29, 0.717) is 12.3 Å². The van der Waals surface area contributed by atoms with Gasteiger partial charge in [0.2, 0.25) is 5.91 Å². The number of hydrogen-bond acceptors (Lipinski definition) is 4. The average molecular weight is 267 g/mol. The largest absolute Gasteiger partial charge is 0.480 e. The number of amides is 2. The van der Waals surface area contributed by atoms with Crippen molar-refractivity contribution in [2.75, 3.05) is 7.05 Å². The number of carbonyl (C=O) groups excluding carboxylic acids is 2. The Labute approximate surface area is 110 Å². The van der Waals surface area contributed by atoms with Crippen LogP contribution in [-0.4, -0.2) is 46.7 Å². The minimum atomic E-state index is -1.03. The van der Waals surface area contributed by atoms with Gasteiger partial charge in [0, 0.05) is 19.9 Å². The van der Waals surface area contributed by atoms with Crippen molar-refractivity contribution < 1.29 is 19.5 Å². The summed E-state index contributed by atoms with van der Waals surface area (Å²) in [5, 5.41) is 16.5. The summed E-state index contributed by atoms with van der Waals surface area (Å²) in [7, 11) is 1.48. The molecule has 2 amide bonds. The average Bonchev–Trinajstić information content (AvgIpc) is 3.15. The van der Waals surface area contributed by atoms with E-state index in [1.807, 2.05) is 0 Å². The topological polar surface area (TPSA) is 99.1 Å². The Kier molecular flexibility index (Phi) is 3.82. The Hall–Kier alpha value is -1.92. The maximum Gasteiger partial charge on any atom is 0.326 e. The van der Waals surface area contributed by atoms with Gasteiger partial charge in [0.1, 0.15) is 11.8 Å². The van der Waals surface area contributed by atoms with E-state index in [9.17, 15) is 14.4 Å². The van der Waals surface area contributed by atoms with Crippen LogP contribution in [0.5, 0.6) is 0 Å². The molecule has 0 aromatic heterocycles. The molecule has 104 valence electrons. The van der Waals surface area contributed by atoms with Crippen molar-refractivity contribution in [3.8, 4) is 0 Å². The van der Waals surface area contributed by atoms with E-state index >= 15 is 0 Å². The van der Waals surface area contributed by atoms with Crippen LogP contribution >= 0.6 is 0 Å². The maximum atomic E-state index is 11.9. The van der Waals surface area contributed by atoms with Crippen molar-refractivity contribution in [1.29, 1.82) is 0 Å². The Morgan fingerprint density at radius 3 is 2.68 bits per heavy atom. The fourth-order valence-corrected chi connectivity index (χ4v) is 1.98. The first-order valence-electron chi connectivity index (χ1n) is 6.35. The van der Waals surface area contributed by atoms with Crippen molar-refractivity contribution >= 4 is 23.5 Å². The quantitative estimate of drug-likeness (QED) is 0.730. The molecule has 19 heavy (non-hydrogen) atoms. The molecule has 2 aliphatic rings. The number of carboxylic acid groups (broad SMARTS) is 1. The lowest BCUT2D eigenvalue weighted by atomic mass is 10.1. The molecule has 1 atom stereocenters. The molecule has 0 aromatic carbocycles. The summed E-state index contributed by atoms with van der Waals surface area (Å²) < 4.78 is 0. The Morgan fingerprint density at radius 2 is 2.16 bits per heavy atom. The van der Waals surface area contributed by atoms with Gasteiger partial charge in [-0.3, -0.25) is 9.59 Å². The van der Waals surface area contributed by atoms with Crippen molar-refractivity contribution in [3.05, 3.63) is 0 Å². The molecule has 1 aliphatic heterocycles. The third kappa shape index (κ3) is 3.52. The van der Waals surface area contributed by atoms with E-state index in [4.69, 9.17) is 5.11 Å². The van der Waals surface area contributed by atoms with Crippen molar-refractivity contribution in [2.45, 2.75) is 38.1 Å². The van der Waals surface area contributed by atoms with Gasteiger partial charge >= 0.3 is 5.97 Å². The second kappa shape index (κ2) is 5.38. The minimum Gasteiger partial charge on any atom is -0.480 e. The predicted molar refractivity (Wildman–Crippen MR) is 66.3 cm³/mol. The monoisotopic (exact) mass is 267 g/mol. The molecule has 0 radical (unpaired) electrons. The lowest BCUT2D eigenvalue weighted by Gasteiger charge is -2.20. The summed E-state index contributed by atoms with van der Waals surface area (Å²) in [6.45, 7) is 0. The number of carboxylic acids is 1. The molecule has 7 heteroatoms. The van der Waals surface area contributed by atoms with Gasteiger partial charge in [-0.25, -0.2) is 9.80 Å². The normalized spacial score (nSPS) is 20.8. The smallest absolute Gasteiger partial charge is 0.326 e. The molecule has 0 saturated heterocycles. The van der Waals surface area contributed by atoms with E-state index in [1.54, 1.807) is 0 Å². The second-order valence-electron chi connectivity index (χ2n) is 5.01. The van der Waals surface area contributed by atoms with Crippen LogP contribution in [0.25, 0.3) is 0 Å². The third-order valence-corrected chi connectivity index (χ3v) is 3.34. The van der Waals surface area contributed by atoms with Gasteiger partial charge in [0.05, 0.1) is 0 Å². The highest BCUT2D eigenvalue weighted by Crippen LogP contribution is 2.33. The third-order valence-electron chi connectivity index (χ3n) is 3.34. The summed E-state index contributed by atoms with van der Waals surface area (Å²) in [4.78, 5) is 34.2. The highest BCUT2D eigenvalue weighted by atomic mass is 16.4. The van der Waals surface area contributed by atoms with E-state index in [-0.39, 0.29) is 24.5 Å². The standard InChI is InChI=1S/C12H17N3O4/c1-15-10(16)5-4-8(14-15)11(17)13-9(12(18)19)6-7-2-3-7/h7,9H,2-6H2,1H3,(H,13,17)(H,18,19). The SMILES string of the molecule is CN1N=C(C(=O)NC(CC2CC2)C(=O)O)CCC1=O. The van der Waals surface area contributed by atoms with Gasteiger partial charge in [0.15, 0.2) is 0 Å². The van der Waals surface area contributed by atoms with E-state index < -0.39 is 17.9 Å². The van der Waals surface area contributed by atoms with Gasteiger partial charge in [-0.1, -0.05) is 12.8 Å². The number of carbonyl (C=O) groups is 3. The molecule has 1 aliphatic carbocycles. The van der Waals surface area contributed by atoms with Crippen LogP contribution in [-0.2, 0) is 14.4 Å². The van der Waals surface area contributed by atoms with Crippen molar-refractivity contribution in [2.24, 2.45) is 11.0 Å². The number of nitrogens with zero attached hydrogens (tertiary/aromatic N) is 2. The number of rotatable bonds is 5. The highest BCUT2D eigenvalue weighted by molar-refractivity contribution is 6.39. The second-order valence-corrected chi connectivity index (χ2v) is 5.01. The lowest BCUT2D eigenvalue weighted by molar-refractivity contribution is -0.141. The first-order chi connectivity index (χ1) is 8.97. The van der Waals surface area contributed by atoms with Gasteiger partial charge in [-0.15, -0.1) is 0 Å². The zero-order valence-corrected chi connectivity index (χ0v) is 10.8. The van der Waals surface area contributed by atoms with Crippen molar-refractivity contribution in [3.63, 3.8) is 0 Å². The first-order valence-corrected chi connectivity index (χ1v) is 6.35. The van der Waals surface area contributed by atoms with Crippen LogP contribution in [0.4, 0.5) is 0 Å². The van der Waals surface area contributed by atoms with Gasteiger partial charge in [-0.05, 0) is 12.3 Å². The molecule has 1 heterocycles. The van der Waals surface area contributed by atoms with Gasteiger partial charge in [0.25, 0.3) is 5.91 Å². The maximum absolute atomic E-state index is 11.9. The first kappa shape index (κ1) is 13.5. The van der Waals surface area contributed by atoms with Crippen LogP contribution in [0.15, 0.2) is 5.10 Å². The van der Waals surface area contributed by atoms with Crippen LogP contribution in [0.3, 0.4) is 0 Å². The zero-order valence-electron chi connectivity index (χ0n) is 10.8. The number of hydrazone groups is 1. The summed E-state index contributed by atoms with van der Waals surface area (Å²) in [6, 6.07) is -0.870. The highest BCUT2D eigenvalue weighted by Gasteiger charge is 2.31. The number of hydrogen-bond donors (Lipinski definition) is 2. The van der Waals surface area contributed by atoms with Gasteiger partial charge < -0.3 is 10.4 Å². The Bertz CT molecular complexity index is 442. The molecular weight excluding hydrogens is 250 g/mol. The number of aliphatic carboxylic acids is 1. The lowest BCUT2D eigenvalue weighted by Crippen LogP contribution is -2.46. The molecule has 0 bridgehead atoms. The molecule has 0 aromatic rings. The zero-order chi connectivity index (χ0) is 14.0. The summed E-state index contributed by atoms with van der Waals surface area (Å²) in [6.07, 6.45) is 2.99. The molecule has 1 saturated carbocycles. The van der Waals surface area contributed by atoms with Crippen LogP contribution in [0.2, 0.25) is 0 Å². The molecule has 0 spiro atoms. The molecular formula is C12H17N3O4. The van der Waals surface area contributed by atoms with E-state index in [1.165, 1.54) is 7.05 Å². The van der Waals surface area contributed by atoms with Crippen LogP contribution in [0, 0.1) is 5.92 Å². The molecule has 1 unspecified atom stereocenters. The summed E-state index contributed by atoms with van der Waals surface area (Å²) in [5.74, 6) is -1.27. The fourth-order valence-electron chi connectivity index (χ4n) is 1.98. The van der Waals surface area contributed by atoms with E-state index in [0.717, 1.165) is 17.9 Å². The molecule has 2 rings (SSSR count). The number of nitrogens with one attached hydrogen (secondary N) is 1. The summed E-state index contributed by atoms with van der Waals surface area (Å²) >= 11 is 0. The van der Waals surface area contributed by atoms with Gasteiger partial charge in [-0.2, -0.15) is 5.10 Å². The molecule has 1 fully saturated rings. The minimum absolute atomic E-state index is 0.149. The Balaban J connectivity index is 1.96. The predicted octanol–water partition coefficient (Wildman–Crippen LogP) is -0.0359. The summed E-state index contributed by atoms with van der Waals surface area (Å²) in [5.41, 5.74) is 0.212. The Morgan fingerprint density at radius 1 is 1.47 bits per heavy atom. The van der Waals surface area contributed by atoms with E-state index in [2.05, 4.69) is 10.4 Å². The van der Waals surface area contributed by atoms with Crippen LogP contribution in [0.1, 0.15) is 32.1 Å².